The first-order valence-corrected chi connectivity index (χ1v) is 9.82. The van der Waals surface area contributed by atoms with Gasteiger partial charge in [0.25, 0.3) is 0 Å². The van der Waals surface area contributed by atoms with Crippen LogP contribution in [-0.4, -0.2) is 14.6 Å². The number of aryl methyl sites for hydroxylation is 1. The lowest BCUT2D eigenvalue weighted by Crippen LogP contribution is -2.26. The highest BCUT2D eigenvalue weighted by molar-refractivity contribution is 7.25. The molecular formula is C21H15N5OS. The summed E-state index contributed by atoms with van der Waals surface area (Å²) in [6, 6.07) is 12.3. The summed E-state index contributed by atoms with van der Waals surface area (Å²) in [4.78, 5) is 10.4. The molecule has 1 aromatic carbocycles. The largest absolute Gasteiger partial charge is 0.464 e. The van der Waals surface area contributed by atoms with Crippen LogP contribution in [0.3, 0.4) is 0 Å². The summed E-state index contributed by atoms with van der Waals surface area (Å²) >= 11 is 1.46. The fourth-order valence-corrected chi connectivity index (χ4v) is 5.20. The van der Waals surface area contributed by atoms with Crippen LogP contribution >= 0.6 is 11.3 Å². The van der Waals surface area contributed by atoms with Crippen LogP contribution in [0, 0.1) is 5.41 Å². The Labute approximate surface area is 163 Å². The summed E-state index contributed by atoms with van der Waals surface area (Å²) < 4.78 is 7.79. The first-order valence-electron chi connectivity index (χ1n) is 9.01. The fraction of sp³-hybridized carbons (Fsp3) is 0.0952. The Morgan fingerprint density at radius 3 is 2.89 bits per heavy atom. The fourth-order valence-electron chi connectivity index (χ4n) is 4.12. The van der Waals surface area contributed by atoms with E-state index in [2.05, 4.69) is 29.2 Å². The summed E-state index contributed by atoms with van der Waals surface area (Å²) in [6.45, 7) is 0. The van der Waals surface area contributed by atoms with Crippen molar-refractivity contribution in [2.24, 2.45) is 0 Å². The minimum Gasteiger partial charge on any atom is -0.464 e. The number of hydrogen-bond acceptors (Lipinski definition) is 6. The average molecular weight is 385 g/mol. The smallest absolute Gasteiger partial charge is 0.164 e. The van der Waals surface area contributed by atoms with E-state index in [1.807, 2.05) is 12.1 Å². The molecule has 0 aliphatic heterocycles. The molecule has 0 saturated heterocycles. The third kappa shape index (κ3) is 1.99. The van der Waals surface area contributed by atoms with E-state index in [0.29, 0.717) is 0 Å². The lowest BCUT2D eigenvalue weighted by molar-refractivity contribution is 0.582. The van der Waals surface area contributed by atoms with Crippen LogP contribution in [0.15, 0.2) is 53.4 Å². The monoisotopic (exact) mass is 385 g/mol. The van der Waals surface area contributed by atoms with Gasteiger partial charge in [-0.05, 0) is 36.1 Å². The van der Waals surface area contributed by atoms with Gasteiger partial charge < -0.3 is 10.3 Å². The summed E-state index contributed by atoms with van der Waals surface area (Å²) in [5, 5.41) is 9.30. The number of furan rings is 1. The summed E-state index contributed by atoms with van der Waals surface area (Å²) in [5.74, 6) is 6.67. The number of pyridine rings is 1. The Balaban J connectivity index is 1.84. The zero-order valence-electron chi connectivity index (χ0n) is 14.8. The molecule has 0 bridgehead atoms. The average Bonchev–Trinajstić information content (AvgIpc) is 3.37. The molecule has 136 valence electrons. The Bertz CT molecular complexity index is 1450. The molecule has 0 amide bonds. The lowest BCUT2D eigenvalue weighted by atomic mass is 9.85. The van der Waals surface area contributed by atoms with Gasteiger partial charge in [0.1, 0.15) is 16.9 Å². The zero-order chi connectivity index (χ0) is 18.8. The Morgan fingerprint density at radius 2 is 2.04 bits per heavy atom. The maximum absolute atomic E-state index is 8.35. The number of nitrogens with zero attached hydrogens (tertiary/aromatic N) is 3. The number of fused-ring (bicyclic) bond motifs is 6. The van der Waals surface area contributed by atoms with Crippen molar-refractivity contribution in [3.63, 3.8) is 0 Å². The van der Waals surface area contributed by atoms with Gasteiger partial charge in [0.05, 0.1) is 22.2 Å². The first kappa shape index (κ1) is 15.6. The Kier molecular flexibility index (Phi) is 3.08. The molecule has 4 heterocycles. The van der Waals surface area contributed by atoms with Gasteiger partial charge >= 0.3 is 0 Å². The predicted octanol–water partition coefficient (Wildman–Crippen LogP) is 3.86. The van der Waals surface area contributed by atoms with Crippen molar-refractivity contribution in [1.82, 2.24) is 14.6 Å². The van der Waals surface area contributed by atoms with E-state index in [0.717, 1.165) is 50.3 Å². The SMILES string of the molecule is N=c1c2sc3nc4c(c(-c5ccco5)c3c2ncn1N)CCc1ccccc1-4. The number of nitrogens with one attached hydrogen (secondary N) is 1. The Morgan fingerprint density at radius 1 is 1.14 bits per heavy atom. The molecule has 4 aromatic heterocycles. The van der Waals surface area contributed by atoms with Crippen molar-refractivity contribution in [2.75, 3.05) is 5.84 Å². The second-order valence-corrected chi connectivity index (χ2v) is 7.91. The summed E-state index contributed by atoms with van der Waals surface area (Å²) in [5.41, 5.74) is 6.69. The van der Waals surface area contributed by atoms with Crippen LogP contribution in [0.5, 0.6) is 0 Å². The molecule has 3 N–H and O–H groups in total. The third-order valence-electron chi connectivity index (χ3n) is 5.38. The number of aromatic nitrogens is 3. The van der Waals surface area contributed by atoms with Gasteiger partial charge in [-0.2, -0.15) is 0 Å². The van der Waals surface area contributed by atoms with Crippen LogP contribution in [0.4, 0.5) is 0 Å². The van der Waals surface area contributed by atoms with Crippen molar-refractivity contribution in [1.29, 1.82) is 5.41 Å². The molecule has 1 aliphatic rings. The van der Waals surface area contributed by atoms with Gasteiger partial charge in [-0.3, -0.25) is 5.41 Å². The molecule has 5 aromatic rings. The molecule has 0 radical (unpaired) electrons. The van der Waals surface area contributed by atoms with E-state index in [4.69, 9.17) is 20.7 Å². The number of hydrogen-bond donors (Lipinski definition) is 2. The summed E-state index contributed by atoms with van der Waals surface area (Å²) in [7, 11) is 0. The number of nitrogen functional groups attached to an aromatic ring is 1. The van der Waals surface area contributed by atoms with E-state index >= 15 is 0 Å². The molecule has 0 spiro atoms. The normalized spacial score (nSPS) is 13.0. The molecular weight excluding hydrogens is 370 g/mol. The van der Waals surface area contributed by atoms with Gasteiger partial charge in [-0.15, -0.1) is 11.3 Å². The minimum atomic E-state index is 0.233. The van der Waals surface area contributed by atoms with Crippen LogP contribution in [0.1, 0.15) is 11.1 Å². The van der Waals surface area contributed by atoms with Crippen molar-refractivity contribution in [3.8, 4) is 22.6 Å². The van der Waals surface area contributed by atoms with Crippen molar-refractivity contribution in [3.05, 3.63) is 65.6 Å². The number of nitrogens with two attached hydrogens (primary N) is 1. The maximum Gasteiger partial charge on any atom is 0.164 e. The molecule has 6 rings (SSSR count). The second kappa shape index (κ2) is 5.53. The van der Waals surface area contributed by atoms with E-state index in [1.165, 1.54) is 39.0 Å². The molecule has 6 nitrogen and oxygen atoms in total. The number of benzene rings is 1. The van der Waals surface area contributed by atoms with Crippen molar-refractivity contribution in [2.45, 2.75) is 12.8 Å². The number of thiophene rings is 1. The molecule has 0 unspecified atom stereocenters. The standard InChI is InChI=1S/C21H15N5OS/c22-20-19-18(24-10-26(20)23)16-15(14-6-3-9-27-14)13-8-7-11-4-1-2-5-12(11)17(13)25-21(16)28-19/h1-6,9-10,22H,7-8,23H2. The first-order chi connectivity index (χ1) is 13.7. The molecule has 28 heavy (non-hydrogen) atoms. The lowest BCUT2D eigenvalue weighted by Gasteiger charge is -2.21. The maximum atomic E-state index is 8.35. The van der Waals surface area contributed by atoms with Crippen molar-refractivity contribution < 1.29 is 4.42 Å². The second-order valence-electron chi connectivity index (χ2n) is 6.91. The summed E-state index contributed by atoms with van der Waals surface area (Å²) in [6.07, 6.45) is 5.03. The molecule has 0 fully saturated rings. The Hall–Kier alpha value is -3.45. The molecule has 1 aliphatic carbocycles. The van der Waals surface area contributed by atoms with Gasteiger partial charge in [0.15, 0.2) is 5.49 Å². The van der Waals surface area contributed by atoms with Crippen LogP contribution in [-0.2, 0) is 12.8 Å². The van der Waals surface area contributed by atoms with E-state index in [9.17, 15) is 0 Å². The third-order valence-corrected chi connectivity index (χ3v) is 6.46. The quantitative estimate of drug-likeness (QED) is 0.428. The highest BCUT2D eigenvalue weighted by Gasteiger charge is 2.27. The van der Waals surface area contributed by atoms with Gasteiger partial charge in [0.2, 0.25) is 0 Å². The van der Waals surface area contributed by atoms with Crippen molar-refractivity contribution >= 4 is 31.8 Å². The van der Waals surface area contributed by atoms with Gasteiger partial charge in [-0.1, -0.05) is 24.3 Å². The minimum absolute atomic E-state index is 0.233. The van der Waals surface area contributed by atoms with Gasteiger partial charge in [0, 0.05) is 16.5 Å². The topological polar surface area (TPSA) is 93.7 Å². The number of rotatable bonds is 1. The highest BCUT2D eigenvalue weighted by atomic mass is 32.1. The zero-order valence-corrected chi connectivity index (χ0v) is 15.6. The highest BCUT2D eigenvalue weighted by Crippen LogP contribution is 2.45. The van der Waals surface area contributed by atoms with E-state index < -0.39 is 0 Å². The van der Waals surface area contributed by atoms with Crippen LogP contribution in [0.2, 0.25) is 0 Å². The van der Waals surface area contributed by atoms with E-state index in [-0.39, 0.29) is 5.49 Å². The molecule has 7 heteroatoms. The van der Waals surface area contributed by atoms with E-state index in [1.54, 1.807) is 6.26 Å². The molecule has 0 saturated carbocycles. The van der Waals surface area contributed by atoms with Crippen LogP contribution in [0.25, 0.3) is 43.0 Å². The van der Waals surface area contributed by atoms with Crippen LogP contribution < -0.4 is 11.3 Å². The van der Waals surface area contributed by atoms with Gasteiger partial charge in [-0.25, -0.2) is 14.6 Å². The molecule has 0 atom stereocenters. The predicted molar refractivity (Wildman–Crippen MR) is 109 cm³/mol.